The Balaban J connectivity index is 1.80. The molecule has 1 atom stereocenters. The number of hydrogen-bond donors (Lipinski definition) is 3. The highest BCUT2D eigenvalue weighted by Crippen LogP contribution is 2.35. The summed E-state index contributed by atoms with van der Waals surface area (Å²) < 4.78 is 6.86. The average molecular weight is 361 g/mol. The first-order valence-corrected chi connectivity index (χ1v) is 9.17. The summed E-state index contributed by atoms with van der Waals surface area (Å²) in [6.45, 7) is 1.69. The van der Waals surface area contributed by atoms with Gasteiger partial charge in [-0.1, -0.05) is 23.5 Å². The highest BCUT2D eigenvalue weighted by molar-refractivity contribution is 7.17. The van der Waals surface area contributed by atoms with Gasteiger partial charge in [0.25, 0.3) is 0 Å². The number of aliphatic hydroxyl groups is 1. The van der Waals surface area contributed by atoms with Crippen LogP contribution in [0.25, 0.3) is 4.96 Å². The number of rotatable bonds is 4. The van der Waals surface area contributed by atoms with E-state index in [4.69, 9.17) is 4.74 Å². The summed E-state index contributed by atoms with van der Waals surface area (Å²) in [5, 5.41) is 24.7. The number of aliphatic hydroxyl groups excluding tert-OH is 1. The number of thiazole rings is 1. The third-order valence-corrected chi connectivity index (χ3v) is 5.93. The quantitative estimate of drug-likeness (QED) is 0.635. The molecule has 0 amide bonds. The average Bonchev–Trinajstić information content (AvgIpc) is 3.21. The van der Waals surface area contributed by atoms with Crippen LogP contribution >= 0.6 is 11.3 Å². The first-order valence-electron chi connectivity index (χ1n) is 8.35. The van der Waals surface area contributed by atoms with E-state index in [1.165, 1.54) is 27.1 Å². The molecule has 1 fully saturated rings. The molecule has 1 aliphatic heterocycles. The van der Waals surface area contributed by atoms with Gasteiger partial charge in [0.1, 0.15) is 17.0 Å². The van der Waals surface area contributed by atoms with Crippen LogP contribution in [0.15, 0.2) is 30.6 Å². The molecule has 3 aromatic rings. The molecular formula is C17H21N4O3S+. The molecule has 1 aliphatic rings. The van der Waals surface area contributed by atoms with Gasteiger partial charge in [-0.25, -0.2) is 4.98 Å². The molecule has 3 heterocycles. The SMILES string of the molecule is COc1cccc([C@H](c2sc3ncnn3c2O)[NH+]2CCC(O)CC2)c1. The summed E-state index contributed by atoms with van der Waals surface area (Å²) >= 11 is 1.46. The maximum atomic E-state index is 10.7. The van der Waals surface area contributed by atoms with Crippen molar-refractivity contribution in [2.24, 2.45) is 0 Å². The highest BCUT2D eigenvalue weighted by atomic mass is 32.1. The minimum absolute atomic E-state index is 0.0453. The molecule has 0 radical (unpaired) electrons. The zero-order valence-electron chi connectivity index (χ0n) is 13.9. The van der Waals surface area contributed by atoms with E-state index in [0.29, 0.717) is 4.96 Å². The van der Waals surface area contributed by atoms with Crippen LogP contribution in [0.3, 0.4) is 0 Å². The number of nitrogens with zero attached hydrogens (tertiary/aromatic N) is 3. The third-order valence-electron chi connectivity index (χ3n) is 4.83. The number of methoxy groups -OCH3 is 1. The number of fused-ring (bicyclic) bond motifs is 1. The lowest BCUT2D eigenvalue weighted by Crippen LogP contribution is -3.13. The van der Waals surface area contributed by atoms with Crippen LogP contribution in [-0.2, 0) is 0 Å². The Bertz CT molecular complexity index is 870. The smallest absolute Gasteiger partial charge is 0.235 e. The second kappa shape index (κ2) is 6.62. The van der Waals surface area contributed by atoms with Gasteiger partial charge in [-0.2, -0.15) is 9.61 Å². The Labute approximate surface area is 149 Å². The van der Waals surface area contributed by atoms with Crippen molar-refractivity contribution in [2.75, 3.05) is 20.2 Å². The first kappa shape index (κ1) is 16.3. The van der Waals surface area contributed by atoms with Crippen LogP contribution in [0, 0.1) is 0 Å². The Hall–Kier alpha value is -2.16. The molecule has 7 nitrogen and oxygen atoms in total. The summed E-state index contributed by atoms with van der Waals surface area (Å²) in [5.41, 5.74) is 1.07. The van der Waals surface area contributed by atoms with Crippen molar-refractivity contribution in [3.05, 3.63) is 41.0 Å². The number of benzene rings is 1. The molecule has 132 valence electrons. The maximum absolute atomic E-state index is 10.7. The number of ether oxygens (including phenoxy) is 1. The van der Waals surface area contributed by atoms with Gasteiger partial charge in [-0.15, -0.1) is 0 Å². The Kier molecular flexibility index (Phi) is 4.32. The normalized spacial score (nSPS) is 22.2. The van der Waals surface area contributed by atoms with Crippen LogP contribution in [0.1, 0.15) is 29.3 Å². The van der Waals surface area contributed by atoms with Gasteiger partial charge in [0.2, 0.25) is 10.8 Å². The molecule has 2 aromatic heterocycles. The van der Waals surface area contributed by atoms with E-state index in [9.17, 15) is 10.2 Å². The monoisotopic (exact) mass is 361 g/mol. The summed E-state index contributed by atoms with van der Waals surface area (Å²) in [4.78, 5) is 7.04. The molecule has 1 saturated heterocycles. The van der Waals surface area contributed by atoms with Gasteiger partial charge >= 0.3 is 0 Å². The number of nitrogens with one attached hydrogen (secondary N) is 1. The lowest BCUT2D eigenvalue weighted by atomic mass is 9.99. The summed E-state index contributed by atoms with van der Waals surface area (Å²) in [7, 11) is 1.65. The topological polar surface area (TPSA) is 84.3 Å². The Morgan fingerprint density at radius 1 is 1.36 bits per heavy atom. The van der Waals surface area contributed by atoms with Gasteiger partial charge in [-0.05, 0) is 12.1 Å². The summed E-state index contributed by atoms with van der Waals surface area (Å²) in [6.07, 6.45) is 2.74. The lowest BCUT2D eigenvalue weighted by molar-refractivity contribution is -0.931. The first-order chi connectivity index (χ1) is 12.2. The molecule has 0 aliphatic carbocycles. The largest absolute Gasteiger partial charge is 0.497 e. The van der Waals surface area contributed by atoms with E-state index in [-0.39, 0.29) is 18.0 Å². The van der Waals surface area contributed by atoms with Crippen LogP contribution in [0.4, 0.5) is 0 Å². The van der Waals surface area contributed by atoms with Gasteiger partial charge in [0.05, 0.1) is 26.3 Å². The number of likely N-dealkylation sites (tertiary alicyclic amines) is 1. The predicted molar refractivity (Wildman–Crippen MR) is 93.3 cm³/mol. The minimum atomic E-state index is -0.231. The Morgan fingerprint density at radius 3 is 2.88 bits per heavy atom. The van der Waals surface area contributed by atoms with E-state index in [0.717, 1.165) is 42.1 Å². The van der Waals surface area contributed by atoms with E-state index >= 15 is 0 Å². The molecule has 3 N–H and O–H groups in total. The maximum Gasteiger partial charge on any atom is 0.235 e. The van der Waals surface area contributed by atoms with E-state index in [1.807, 2.05) is 18.2 Å². The van der Waals surface area contributed by atoms with Crippen LogP contribution in [0.5, 0.6) is 11.6 Å². The molecule has 0 spiro atoms. The zero-order valence-corrected chi connectivity index (χ0v) is 14.7. The van der Waals surface area contributed by atoms with Crippen molar-refractivity contribution in [3.8, 4) is 11.6 Å². The summed E-state index contributed by atoms with van der Waals surface area (Å²) in [5.74, 6) is 0.932. The molecular weight excluding hydrogens is 340 g/mol. The molecule has 4 rings (SSSR count). The molecule has 1 aromatic carbocycles. The van der Waals surface area contributed by atoms with E-state index in [1.54, 1.807) is 7.11 Å². The van der Waals surface area contributed by atoms with Gasteiger partial charge in [0, 0.05) is 18.4 Å². The van der Waals surface area contributed by atoms with Crippen LogP contribution in [-0.4, -0.2) is 51.1 Å². The standard InChI is InChI=1S/C17H20N4O3S/c1-24-13-4-2-3-11(9-13)14(20-7-5-12(22)6-8-20)15-16(23)21-17(25-15)18-10-19-21/h2-4,9-10,12,14,22-23H,5-8H2,1H3/p+1/t14-/m1/s1. The van der Waals surface area contributed by atoms with E-state index in [2.05, 4.69) is 16.1 Å². The lowest BCUT2D eigenvalue weighted by Gasteiger charge is -2.33. The Morgan fingerprint density at radius 2 is 2.16 bits per heavy atom. The van der Waals surface area contributed by atoms with Crippen molar-refractivity contribution in [1.82, 2.24) is 14.6 Å². The fourth-order valence-electron chi connectivity index (χ4n) is 3.54. The highest BCUT2D eigenvalue weighted by Gasteiger charge is 2.35. The zero-order chi connectivity index (χ0) is 17.4. The van der Waals surface area contributed by atoms with Gasteiger partial charge < -0.3 is 19.8 Å². The summed E-state index contributed by atoms with van der Waals surface area (Å²) in [6, 6.07) is 7.90. The fraction of sp³-hybridized carbons (Fsp3) is 0.412. The fourth-order valence-corrected chi connectivity index (χ4v) is 4.65. The number of quaternary nitrogens is 1. The minimum Gasteiger partial charge on any atom is -0.497 e. The third kappa shape index (κ3) is 2.97. The van der Waals surface area contributed by atoms with E-state index < -0.39 is 0 Å². The van der Waals surface area contributed by atoms with Crippen LogP contribution < -0.4 is 9.64 Å². The van der Waals surface area contributed by atoms with Crippen molar-refractivity contribution in [2.45, 2.75) is 25.0 Å². The second-order valence-electron chi connectivity index (χ2n) is 6.34. The predicted octanol–water partition coefficient (Wildman–Crippen LogP) is 0.634. The number of aromatic hydroxyl groups is 1. The van der Waals surface area contributed by atoms with Gasteiger partial charge in [-0.3, -0.25) is 0 Å². The van der Waals surface area contributed by atoms with Crippen molar-refractivity contribution < 1.29 is 19.8 Å². The molecule has 0 unspecified atom stereocenters. The molecule has 8 heteroatoms. The number of piperidine rings is 1. The van der Waals surface area contributed by atoms with Gasteiger partial charge in [0.15, 0.2) is 6.04 Å². The second-order valence-corrected chi connectivity index (χ2v) is 7.35. The molecule has 25 heavy (non-hydrogen) atoms. The van der Waals surface area contributed by atoms with Crippen molar-refractivity contribution >= 4 is 16.3 Å². The van der Waals surface area contributed by atoms with Crippen LogP contribution in [0.2, 0.25) is 0 Å². The number of aromatic nitrogens is 3. The molecule has 0 saturated carbocycles. The molecule has 0 bridgehead atoms. The van der Waals surface area contributed by atoms with Crippen molar-refractivity contribution in [3.63, 3.8) is 0 Å². The number of hydrogen-bond acceptors (Lipinski definition) is 6. The van der Waals surface area contributed by atoms with Crippen molar-refractivity contribution in [1.29, 1.82) is 0 Å².